The average molecular weight is 318 g/mol. The minimum Gasteiger partial charge on any atom is -0.455 e. The molecule has 0 fully saturated rings. The second-order valence-electron chi connectivity index (χ2n) is 3.48. The Labute approximate surface area is 109 Å². The van der Waals surface area contributed by atoms with Crippen molar-refractivity contribution in [1.82, 2.24) is 0 Å². The molecular formula is C12H7BrF3NO. The standard InChI is InChI=1S/C12H7BrF3NO/c13-8-5-7(1-2-9(8)15)18-11-4-6(14)3-10(16)12(11)17/h1-5H,17H2. The fourth-order valence-corrected chi connectivity index (χ4v) is 1.67. The summed E-state index contributed by atoms with van der Waals surface area (Å²) in [6.07, 6.45) is 0. The molecule has 0 spiro atoms. The van der Waals surface area contributed by atoms with Gasteiger partial charge >= 0.3 is 0 Å². The zero-order valence-electron chi connectivity index (χ0n) is 8.88. The van der Waals surface area contributed by atoms with Gasteiger partial charge in [-0.2, -0.15) is 0 Å². The van der Waals surface area contributed by atoms with Gasteiger partial charge in [0, 0.05) is 12.1 Å². The Bertz CT molecular complexity index is 604. The van der Waals surface area contributed by atoms with Crippen molar-refractivity contribution in [2.75, 3.05) is 5.73 Å². The Morgan fingerprint density at radius 1 is 1.00 bits per heavy atom. The fourth-order valence-electron chi connectivity index (χ4n) is 1.31. The van der Waals surface area contributed by atoms with Crippen molar-refractivity contribution >= 4 is 21.6 Å². The molecule has 0 aliphatic carbocycles. The van der Waals surface area contributed by atoms with Crippen LogP contribution < -0.4 is 10.5 Å². The third-order valence-corrected chi connectivity index (χ3v) is 2.78. The van der Waals surface area contributed by atoms with E-state index in [1.165, 1.54) is 12.1 Å². The highest BCUT2D eigenvalue weighted by Gasteiger charge is 2.11. The summed E-state index contributed by atoms with van der Waals surface area (Å²) >= 11 is 2.97. The van der Waals surface area contributed by atoms with Crippen LogP contribution in [0.4, 0.5) is 18.9 Å². The molecule has 2 nitrogen and oxygen atoms in total. The number of halogens is 4. The number of nitrogen functional groups attached to an aromatic ring is 1. The van der Waals surface area contributed by atoms with Crippen LogP contribution >= 0.6 is 15.9 Å². The van der Waals surface area contributed by atoms with Gasteiger partial charge in [0.15, 0.2) is 11.6 Å². The Balaban J connectivity index is 2.36. The van der Waals surface area contributed by atoms with E-state index in [0.29, 0.717) is 6.07 Å². The maximum Gasteiger partial charge on any atom is 0.156 e. The van der Waals surface area contributed by atoms with E-state index in [9.17, 15) is 13.2 Å². The summed E-state index contributed by atoms with van der Waals surface area (Å²) in [5.41, 5.74) is 5.11. The van der Waals surface area contributed by atoms with Gasteiger partial charge in [0.1, 0.15) is 23.1 Å². The molecule has 0 aliphatic heterocycles. The Morgan fingerprint density at radius 3 is 2.39 bits per heavy atom. The van der Waals surface area contributed by atoms with E-state index in [1.807, 2.05) is 0 Å². The minimum absolute atomic E-state index is 0.161. The van der Waals surface area contributed by atoms with E-state index in [2.05, 4.69) is 15.9 Å². The first-order chi connectivity index (χ1) is 8.47. The van der Waals surface area contributed by atoms with Gasteiger partial charge in [-0.25, -0.2) is 13.2 Å². The molecule has 2 aromatic rings. The number of hydrogen-bond acceptors (Lipinski definition) is 2. The second-order valence-corrected chi connectivity index (χ2v) is 4.33. The third kappa shape index (κ3) is 2.59. The molecule has 0 saturated carbocycles. The molecule has 2 aromatic carbocycles. The predicted molar refractivity (Wildman–Crippen MR) is 64.9 cm³/mol. The Hall–Kier alpha value is -1.69. The smallest absolute Gasteiger partial charge is 0.156 e. The van der Waals surface area contributed by atoms with Gasteiger partial charge in [-0.15, -0.1) is 0 Å². The van der Waals surface area contributed by atoms with Crippen molar-refractivity contribution in [1.29, 1.82) is 0 Å². The summed E-state index contributed by atoms with van der Waals surface area (Å²) in [7, 11) is 0. The molecule has 18 heavy (non-hydrogen) atoms. The first-order valence-electron chi connectivity index (χ1n) is 4.85. The molecule has 0 amide bonds. The van der Waals surface area contributed by atoms with Gasteiger partial charge in [0.2, 0.25) is 0 Å². The molecule has 2 N–H and O–H groups in total. The van der Waals surface area contributed by atoms with Crippen LogP contribution in [0.15, 0.2) is 34.8 Å². The molecule has 0 heterocycles. The molecule has 0 aromatic heterocycles. The lowest BCUT2D eigenvalue weighted by Crippen LogP contribution is -1.97. The maximum absolute atomic E-state index is 13.2. The third-order valence-electron chi connectivity index (χ3n) is 2.18. The first kappa shape index (κ1) is 12.8. The summed E-state index contributed by atoms with van der Waals surface area (Å²) < 4.78 is 44.6. The van der Waals surface area contributed by atoms with Gasteiger partial charge in [0.25, 0.3) is 0 Å². The van der Waals surface area contributed by atoms with Crippen molar-refractivity contribution in [3.8, 4) is 11.5 Å². The molecule has 0 bridgehead atoms. The summed E-state index contributed by atoms with van der Waals surface area (Å²) in [5.74, 6) is -2.14. The van der Waals surface area contributed by atoms with Gasteiger partial charge in [0.05, 0.1) is 4.47 Å². The van der Waals surface area contributed by atoms with Gasteiger partial charge in [-0.1, -0.05) is 0 Å². The lowest BCUT2D eigenvalue weighted by atomic mass is 10.2. The highest BCUT2D eigenvalue weighted by atomic mass is 79.9. The Kier molecular flexibility index (Phi) is 3.47. The van der Waals surface area contributed by atoms with Crippen molar-refractivity contribution in [3.05, 3.63) is 52.3 Å². The molecule has 0 unspecified atom stereocenters. The summed E-state index contributed by atoms with van der Waals surface area (Å²) in [6.45, 7) is 0. The van der Waals surface area contributed by atoms with E-state index in [0.717, 1.165) is 12.1 Å². The van der Waals surface area contributed by atoms with Crippen LogP contribution in [-0.4, -0.2) is 0 Å². The highest BCUT2D eigenvalue weighted by Crippen LogP contribution is 2.32. The fraction of sp³-hybridized carbons (Fsp3) is 0. The lowest BCUT2D eigenvalue weighted by Gasteiger charge is -2.09. The SMILES string of the molecule is Nc1c(F)cc(F)cc1Oc1ccc(F)c(Br)c1. The molecule has 2 rings (SSSR count). The minimum atomic E-state index is -0.911. The number of rotatable bonds is 2. The van der Waals surface area contributed by atoms with E-state index in [4.69, 9.17) is 10.5 Å². The predicted octanol–water partition coefficient (Wildman–Crippen LogP) is 4.24. The number of anilines is 1. The van der Waals surface area contributed by atoms with E-state index in [-0.39, 0.29) is 21.7 Å². The average Bonchev–Trinajstić information content (AvgIpc) is 2.30. The largest absolute Gasteiger partial charge is 0.455 e. The molecule has 94 valence electrons. The molecule has 0 saturated heterocycles. The maximum atomic E-state index is 13.2. The van der Waals surface area contributed by atoms with Crippen LogP contribution in [0, 0.1) is 17.5 Å². The van der Waals surface area contributed by atoms with Crippen LogP contribution in [0.2, 0.25) is 0 Å². The van der Waals surface area contributed by atoms with Gasteiger partial charge in [-0.05, 0) is 34.1 Å². The number of ether oxygens (including phenoxy) is 1. The number of hydrogen-bond donors (Lipinski definition) is 1. The summed E-state index contributed by atoms with van der Waals surface area (Å²) in [4.78, 5) is 0. The van der Waals surface area contributed by atoms with Crippen molar-refractivity contribution < 1.29 is 17.9 Å². The van der Waals surface area contributed by atoms with E-state index < -0.39 is 17.5 Å². The van der Waals surface area contributed by atoms with Crippen LogP contribution in [-0.2, 0) is 0 Å². The molecule has 6 heteroatoms. The van der Waals surface area contributed by atoms with E-state index in [1.54, 1.807) is 0 Å². The number of benzene rings is 2. The zero-order valence-corrected chi connectivity index (χ0v) is 10.5. The van der Waals surface area contributed by atoms with Crippen molar-refractivity contribution in [2.24, 2.45) is 0 Å². The number of nitrogens with two attached hydrogens (primary N) is 1. The normalized spacial score (nSPS) is 10.4. The molecule has 0 radical (unpaired) electrons. The molecule has 0 atom stereocenters. The topological polar surface area (TPSA) is 35.2 Å². The van der Waals surface area contributed by atoms with E-state index >= 15 is 0 Å². The lowest BCUT2D eigenvalue weighted by molar-refractivity contribution is 0.469. The first-order valence-corrected chi connectivity index (χ1v) is 5.64. The van der Waals surface area contributed by atoms with Crippen molar-refractivity contribution in [3.63, 3.8) is 0 Å². The Morgan fingerprint density at radius 2 is 1.72 bits per heavy atom. The summed E-state index contributed by atoms with van der Waals surface area (Å²) in [5, 5.41) is 0. The zero-order chi connectivity index (χ0) is 13.3. The van der Waals surface area contributed by atoms with Crippen molar-refractivity contribution in [2.45, 2.75) is 0 Å². The van der Waals surface area contributed by atoms with Crippen LogP contribution in [0.5, 0.6) is 11.5 Å². The second kappa shape index (κ2) is 4.89. The van der Waals surface area contributed by atoms with Crippen LogP contribution in [0.3, 0.4) is 0 Å². The highest BCUT2D eigenvalue weighted by molar-refractivity contribution is 9.10. The summed E-state index contributed by atoms with van der Waals surface area (Å²) in [6, 6.07) is 5.42. The quantitative estimate of drug-likeness (QED) is 0.841. The van der Waals surface area contributed by atoms with Crippen LogP contribution in [0.1, 0.15) is 0 Å². The monoisotopic (exact) mass is 317 g/mol. The molecular weight excluding hydrogens is 311 g/mol. The van der Waals surface area contributed by atoms with Gasteiger partial charge in [-0.3, -0.25) is 0 Å². The van der Waals surface area contributed by atoms with Gasteiger partial charge < -0.3 is 10.5 Å². The molecule has 0 aliphatic rings. The van der Waals surface area contributed by atoms with Crippen LogP contribution in [0.25, 0.3) is 0 Å².